The van der Waals surface area contributed by atoms with Gasteiger partial charge in [0.05, 0.1) is 0 Å². The zero-order valence-electron chi connectivity index (χ0n) is 7.68. The number of aromatic nitrogens is 1. The van der Waals surface area contributed by atoms with Crippen LogP contribution in [0.15, 0.2) is 34.9 Å². The van der Waals surface area contributed by atoms with Gasteiger partial charge in [-0.05, 0) is 24.3 Å². The van der Waals surface area contributed by atoms with Crippen LogP contribution in [0.25, 0.3) is 11.3 Å². The van der Waals surface area contributed by atoms with E-state index >= 15 is 0 Å². The molecule has 15 heavy (non-hydrogen) atoms. The highest BCUT2D eigenvalue weighted by Crippen LogP contribution is 2.22. The van der Waals surface area contributed by atoms with Crippen molar-refractivity contribution in [3.63, 3.8) is 0 Å². The van der Waals surface area contributed by atoms with Gasteiger partial charge < -0.3 is 15.3 Å². The van der Waals surface area contributed by atoms with E-state index in [9.17, 15) is 4.79 Å². The number of hydrogen-bond acceptors (Lipinski definition) is 4. The first-order valence-corrected chi connectivity index (χ1v) is 4.22. The van der Waals surface area contributed by atoms with Gasteiger partial charge in [0.25, 0.3) is 0 Å². The molecule has 0 aliphatic carbocycles. The molecule has 0 bridgehead atoms. The fourth-order valence-electron chi connectivity index (χ4n) is 1.21. The van der Waals surface area contributed by atoms with Gasteiger partial charge in [0, 0.05) is 11.8 Å². The monoisotopic (exact) mass is 204 g/mol. The molecule has 2 rings (SSSR count). The van der Waals surface area contributed by atoms with E-state index in [4.69, 9.17) is 15.3 Å². The van der Waals surface area contributed by atoms with Gasteiger partial charge in [-0.3, -0.25) is 0 Å². The molecule has 0 aliphatic rings. The van der Waals surface area contributed by atoms with Crippen LogP contribution in [-0.4, -0.2) is 16.1 Å². The molecule has 5 nitrogen and oxygen atoms in total. The van der Waals surface area contributed by atoms with Crippen LogP contribution in [0.5, 0.6) is 0 Å². The Morgan fingerprint density at radius 3 is 2.80 bits per heavy atom. The number of carboxylic acid groups (broad SMARTS) is 1. The topological polar surface area (TPSA) is 89.4 Å². The smallest absolute Gasteiger partial charge is 0.371 e. The van der Waals surface area contributed by atoms with Gasteiger partial charge in [0.1, 0.15) is 11.6 Å². The minimum Gasteiger partial charge on any atom is -0.475 e. The van der Waals surface area contributed by atoms with Crippen LogP contribution in [-0.2, 0) is 0 Å². The normalized spacial score (nSPS) is 10.1. The van der Waals surface area contributed by atoms with Crippen LogP contribution < -0.4 is 5.73 Å². The summed E-state index contributed by atoms with van der Waals surface area (Å²) in [6.07, 6.45) is 1.54. The van der Waals surface area contributed by atoms with E-state index in [1.54, 1.807) is 18.2 Å². The van der Waals surface area contributed by atoms with Crippen molar-refractivity contribution in [2.24, 2.45) is 0 Å². The Labute approximate surface area is 85.2 Å². The maximum atomic E-state index is 10.6. The number of carbonyl (C=O) groups is 1. The predicted octanol–water partition coefficient (Wildman–Crippen LogP) is 1.62. The molecule has 0 aromatic carbocycles. The van der Waals surface area contributed by atoms with Gasteiger partial charge in [0.2, 0.25) is 5.76 Å². The Morgan fingerprint density at radius 2 is 2.20 bits per heavy atom. The molecule has 0 atom stereocenters. The summed E-state index contributed by atoms with van der Waals surface area (Å²) in [6.45, 7) is 0. The second-order valence-corrected chi connectivity index (χ2v) is 2.94. The molecule has 76 valence electrons. The van der Waals surface area contributed by atoms with E-state index in [2.05, 4.69) is 4.98 Å². The van der Waals surface area contributed by atoms with Crippen LogP contribution in [0, 0.1) is 0 Å². The third-order valence-corrected chi connectivity index (χ3v) is 1.88. The first kappa shape index (κ1) is 9.26. The Morgan fingerprint density at radius 1 is 1.40 bits per heavy atom. The zero-order chi connectivity index (χ0) is 10.8. The maximum Gasteiger partial charge on any atom is 0.371 e. The van der Waals surface area contributed by atoms with E-state index in [-0.39, 0.29) is 5.76 Å². The van der Waals surface area contributed by atoms with Crippen LogP contribution in [0.2, 0.25) is 0 Å². The molecule has 0 radical (unpaired) electrons. The number of carboxylic acids is 1. The molecular formula is C10H8N2O3. The largest absolute Gasteiger partial charge is 0.475 e. The lowest BCUT2D eigenvalue weighted by Gasteiger charge is -1.97. The minimum atomic E-state index is -1.09. The molecule has 2 aromatic rings. The van der Waals surface area contributed by atoms with Crippen LogP contribution in [0.4, 0.5) is 5.82 Å². The lowest BCUT2D eigenvalue weighted by molar-refractivity contribution is 0.0663. The first-order valence-electron chi connectivity index (χ1n) is 4.22. The van der Waals surface area contributed by atoms with Crippen molar-refractivity contribution in [3.05, 3.63) is 36.2 Å². The molecule has 0 aliphatic heterocycles. The third-order valence-electron chi connectivity index (χ3n) is 1.88. The number of hydrogen-bond donors (Lipinski definition) is 2. The van der Waals surface area contributed by atoms with Crippen molar-refractivity contribution in [1.82, 2.24) is 4.98 Å². The van der Waals surface area contributed by atoms with Crippen molar-refractivity contribution in [2.75, 3.05) is 5.73 Å². The van der Waals surface area contributed by atoms with Crippen molar-refractivity contribution in [2.45, 2.75) is 0 Å². The number of furan rings is 1. The SMILES string of the molecule is Nc1cc(-c2ccc(C(=O)O)o2)ccn1. The molecule has 0 saturated heterocycles. The molecule has 2 heterocycles. The number of anilines is 1. The van der Waals surface area contributed by atoms with Gasteiger partial charge in [-0.2, -0.15) is 0 Å². The lowest BCUT2D eigenvalue weighted by Crippen LogP contribution is -1.91. The van der Waals surface area contributed by atoms with Crippen LogP contribution in [0.1, 0.15) is 10.6 Å². The van der Waals surface area contributed by atoms with Gasteiger partial charge >= 0.3 is 5.97 Å². The summed E-state index contributed by atoms with van der Waals surface area (Å²) in [4.78, 5) is 14.4. The number of nitrogen functional groups attached to an aromatic ring is 1. The molecular weight excluding hydrogens is 196 g/mol. The number of nitrogens with two attached hydrogens (primary N) is 1. The van der Waals surface area contributed by atoms with E-state index < -0.39 is 5.97 Å². The van der Waals surface area contributed by atoms with Gasteiger partial charge in [-0.15, -0.1) is 0 Å². The molecule has 0 amide bonds. The maximum absolute atomic E-state index is 10.6. The second kappa shape index (κ2) is 3.45. The summed E-state index contributed by atoms with van der Waals surface area (Å²) in [5.41, 5.74) is 6.20. The second-order valence-electron chi connectivity index (χ2n) is 2.94. The van der Waals surface area contributed by atoms with Crippen LogP contribution >= 0.6 is 0 Å². The summed E-state index contributed by atoms with van der Waals surface area (Å²) < 4.78 is 5.10. The number of nitrogens with zero attached hydrogens (tertiary/aromatic N) is 1. The fourth-order valence-corrected chi connectivity index (χ4v) is 1.21. The van der Waals surface area contributed by atoms with Gasteiger partial charge in [0.15, 0.2) is 0 Å². The fraction of sp³-hybridized carbons (Fsp3) is 0. The Hall–Kier alpha value is -2.30. The molecule has 3 N–H and O–H groups in total. The van der Waals surface area contributed by atoms with Crippen molar-refractivity contribution in [1.29, 1.82) is 0 Å². The Bertz CT molecular complexity index is 505. The minimum absolute atomic E-state index is 0.0969. The lowest BCUT2D eigenvalue weighted by atomic mass is 10.2. The summed E-state index contributed by atoms with van der Waals surface area (Å²) >= 11 is 0. The van der Waals surface area contributed by atoms with E-state index in [1.165, 1.54) is 12.3 Å². The molecule has 0 saturated carbocycles. The third kappa shape index (κ3) is 1.80. The van der Waals surface area contributed by atoms with Crippen molar-refractivity contribution in [3.8, 4) is 11.3 Å². The molecule has 0 spiro atoms. The summed E-state index contributed by atoms with van der Waals surface area (Å²) in [6, 6.07) is 6.29. The van der Waals surface area contributed by atoms with Crippen LogP contribution in [0.3, 0.4) is 0 Å². The standard InChI is InChI=1S/C10H8N2O3/c11-9-5-6(3-4-12-9)7-1-2-8(15-7)10(13)14/h1-5H,(H2,11,12)(H,13,14). The molecule has 0 unspecified atom stereocenters. The van der Waals surface area contributed by atoms with E-state index in [1.807, 2.05) is 0 Å². The predicted molar refractivity (Wildman–Crippen MR) is 53.3 cm³/mol. The van der Waals surface area contributed by atoms with Gasteiger partial charge in [-0.1, -0.05) is 0 Å². The molecule has 5 heteroatoms. The first-order chi connectivity index (χ1) is 7.16. The average Bonchev–Trinajstić information content (AvgIpc) is 2.66. The van der Waals surface area contributed by atoms with E-state index in [0.717, 1.165) is 0 Å². The summed E-state index contributed by atoms with van der Waals surface area (Å²) in [7, 11) is 0. The number of rotatable bonds is 2. The van der Waals surface area contributed by atoms with E-state index in [0.29, 0.717) is 17.1 Å². The highest BCUT2D eigenvalue weighted by atomic mass is 16.4. The van der Waals surface area contributed by atoms with Gasteiger partial charge in [-0.25, -0.2) is 9.78 Å². The summed E-state index contributed by atoms with van der Waals surface area (Å²) in [5.74, 6) is -0.370. The molecule has 2 aromatic heterocycles. The summed E-state index contributed by atoms with van der Waals surface area (Å²) in [5, 5.41) is 8.67. The Balaban J connectivity index is 2.41. The average molecular weight is 204 g/mol. The highest BCUT2D eigenvalue weighted by molar-refractivity contribution is 5.85. The highest BCUT2D eigenvalue weighted by Gasteiger charge is 2.10. The quantitative estimate of drug-likeness (QED) is 0.775. The number of pyridine rings is 1. The Kier molecular flexibility index (Phi) is 2.13. The zero-order valence-corrected chi connectivity index (χ0v) is 7.68. The number of aromatic carboxylic acids is 1. The van der Waals surface area contributed by atoms with Crippen molar-refractivity contribution >= 4 is 11.8 Å². The molecule has 0 fully saturated rings. The van der Waals surface area contributed by atoms with Crippen molar-refractivity contribution < 1.29 is 14.3 Å².